The van der Waals surface area contributed by atoms with Crippen LogP contribution in [0.2, 0.25) is 0 Å². The van der Waals surface area contributed by atoms with Crippen molar-refractivity contribution in [3.63, 3.8) is 0 Å². The summed E-state index contributed by atoms with van der Waals surface area (Å²) < 4.78 is 11.9. The van der Waals surface area contributed by atoms with E-state index in [4.69, 9.17) is 10.8 Å². The van der Waals surface area contributed by atoms with Crippen molar-refractivity contribution in [1.29, 1.82) is 0 Å². The quantitative estimate of drug-likeness (QED) is 0.427. The van der Waals surface area contributed by atoms with Crippen molar-refractivity contribution < 1.29 is 19.2 Å². The molecule has 7 heteroatoms. The van der Waals surface area contributed by atoms with E-state index < -0.39 is 29.7 Å². The SMILES string of the molecule is NC(=O)CCC(C(O)CF)[N+](=O)[O-]. The van der Waals surface area contributed by atoms with Crippen molar-refractivity contribution in [1.82, 2.24) is 0 Å². The largest absolute Gasteiger partial charge is 0.383 e. The number of halogens is 1. The van der Waals surface area contributed by atoms with Gasteiger partial charge in [0.25, 0.3) is 0 Å². The second kappa shape index (κ2) is 5.41. The molecule has 0 aromatic carbocycles. The van der Waals surface area contributed by atoms with Crippen molar-refractivity contribution in [2.24, 2.45) is 5.73 Å². The monoisotopic (exact) mass is 194 g/mol. The van der Waals surface area contributed by atoms with Gasteiger partial charge in [0.1, 0.15) is 12.8 Å². The predicted molar refractivity (Wildman–Crippen MR) is 41.2 cm³/mol. The summed E-state index contributed by atoms with van der Waals surface area (Å²) in [5.74, 6) is -0.710. The lowest BCUT2D eigenvalue weighted by molar-refractivity contribution is -0.535. The molecule has 6 nitrogen and oxygen atoms in total. The number of primary amides is 1. The molecular formula is C6H11FN2O4. The first-order valence-corrected chi connectivity index (χ1v) is 3.64. The van der Waals surface area contributed by atoms with Crippen LogP contribution >= 0.6 is 0 Å². The standard InChI is InChI=1S/C6H11FN2O4/c7-3-5(10)4(9(12)13)1-2-6(8)11/h4-5,10H,1-3H2,(H2,8,11). The van der Waals surface area contributed by atoms with Gasteiger partial charge in [-0.1, -0.05) is 0 Å². The third-order valence-electron chi connectivity index (χ3n) is 1.56. The molecule has 13 heavy (non-hydrogen) atoms. The Morgan fingerprint density at radius 3 is 2.54 bits per heavy atom. The molecule has 2 unspecified atom stereocenters. The van der Waals surface area contributed by atoms with Crippen molar-refractivity contribution in [3.05, 3.63) is 10.1 Å². The van der Waals surface area contributed by atoms with Gasteiger partial charge in [0, 0.05) is 17.8 Å². The first-order chi connectivity index (χ1) is 5.99. The molecule has 0 heterocycles. The molecule has 0 aromatic heterocycles. The average Bonchev–Trinajstić information content (AvgIpc) is 2.03. The smallest absolute Gasteiger partial charge is 0.241 e. The zero-order valence-electron chi connectivity index (χ0n) is 6.85. The minimum Gasteiger partial charge on any atom is -0.383 e. The van der Waals surface area contributed by atoms with E-state index in [-0.39, 0.29) is 12.8 Å². The molecule has 0 aliphatic rings. The van der Waals surface area contributed by atoms with Crippen molar-refractivity contribution >= 4 is 5.91 Å². The van der Waals surface area contributed by atoms with E-state index in [9.17, 15) is 19.3 Å². The Bertz CT molecular complexity index is 199. The van der Waals surface area contributed by atoms with Gasteiger partial charge in [-0.25, -0.2) is 4.39 Å². The number of aliphatic hydroxyl groups excluding tert-OH is 1. The number of nitrogens with two attached hydrogens (primary N) is 1. The summed E-state index contributed by atoms with van der Waals surface area (Å²) >= 11 is 0. The van der Waals surface area contributed by atoms with Crippen LogP contribution < -0.4 is 5.73 Å². The van der Waals surface area contributed by atoms with Crippen LogP contribution in [0.1, 0.15) is 12.8 Å². The van der Waals surface area contributed by atoms with Crippen LogP contribution in [0.5, 0.6) is 0 Å². The summed E-state index contributed by atoms with van der Waals surface area (Å²) in [6.07, 6.45) is -2.15. The molecule has 0 saturated carbocycles. The van der Waals surface area contributed by atoms with Crippen LogP contribution in [-0.2, 0) is 4.79 Å². The number of alkyl halides is 1. The van der Waals surface area contributed by atoms with Crippen molar-refractivity contribution in [3.8, 4) is 0 Å². The molecule has 0 aromatic rings. The molecule has 3 N–H and O–H groups in total. The van der Waals surface area contributed by atoms with Crippen LogP contribution in [0, 0.1) is 10.1 Å². The fraction of sp³-hybridized carbons (Fsp3) is 0.833. The molecule has 0 bridgehead atoms. The van der Waals surface area contributed by atoms with Crippen molar-refractivity contribution in [2.45, 2.75) is 25.0 Å². The summed E-state index contributed by atoms with van der Waals surface area (Å²) in [5.41, 5.74) is 4.75. The summed E-state index contributed by atoms with van der Waals surface area (Å²) in [4.78, 5) is 19.7. The highest BCUT2D eigenvalue weighted by atomic mass is 19.1. The topological polar surface area (TPSA) is 106 Å². The Kier molecular flexibility index (Phi) is 4.90. The Balaban J connectivity index is 4.10. The van der Waals surface area contributed by atoms with Crippen LogP contribution in [-0.4, -0.2) is 34.8 Å². The number of nitro groups is 1. The number of nitrogens with zero attached hydrogens (tertiary/aromatic N) is 1. The van der Waals surface area contributed by atoms with E-state index in [0.717, 1.165) is 0 Å². The third kappa shape index (κ3) is 4.36. The molecule has 0 aliphatic carbocycles. The molecule has 1 amide bonds. The van der Waals surface area contributed by atoms with Crippen LogP contribution in [0.4, 0.5) is 4.39 Å². The zero-order chi connectivity index (χ0) is 10.4. The number of hydrogen-bond donors (Lipinski definition) is 2. The molecule has 0 fully saturated rings. The van der Waals surface area contributed by atoms with E-state index in [1.54, 1.807) is 0 Å². The normalized spacial score (nSPS) is 14.9. The third-order valence-corrected chi connectivity index (χ3v) is 1.56. The lowest BCUT2D eigenvalue weighted by Gasteiger charge is -2.11. The summed E-state index contributed by atoms with van der Waals surface area (Å²) in [6, 6.07) is -1.46. The molecule has 2 atom stereocenters. The summed E-state index contributed by atoms with van der Waals surface area (Å²) in [7, 11) is 0. The molecule has 0 aliphatic heterocycles. The Morgan fingerprint density at radius 1 is 1.69 bits per heavy atom. The van der Waals surface area contributed by atoms with Gasteiger partial charge in [0.15, 0.2) is 0 Å². The zero-order valence-corrected chi connectivity index (χ0v) is 6.85. The molecular weight excluding hydrogens is 183 g/mol. The average molecular weight is 194 g/mol. The maximum Gasteiger partial charge on any atom is 0.241 e. The minimum absolute atomic E-state index is 0.233. The number of carbonyl (C=O) groups excluding carboxylic acids is 1. The number of amides is 1. The molecule has 76 valence electrons. The fourth-order valence-corrected chi connectivity index (χ4v) is 0.831. The Labute approximate surface area is 73.7 Å². The van der Waals surface area contributed by atoms with E-state index in [0.29, 0.717) is 0 Å². The Morgan fingerprint density at radius 2 is 2.23 bits per heavy atom. The highest BCUT2D eigenvalue weighted by Crippen LogP contribution is 2.07. The molecule has 0 radical (unpaired) electrons. The summed E-state index contributed by atoms with van der Waals surface area (Å²) in [6.45, 7) is -1.20. The van der Waals surface area contributed by atoms with Gasteiger partial charge in [-0.3, -0.25) is 14.9 Å². The highest BCUT2D eigenvalue weighted by Gasteiger charge is 2.29. The van der Waals surface area contributed by atoms with E-state index in [2.05, 4.69) is 0 Å². The number of carbonyl (C=O) groups is 1. The van der Waals surface area contributed by atoms with Gasteiger partial charge < -0.3 is 10.8 Å². The fourth-order valence-electron chi connectivity index (χ4n) is 0.831. The van der Waals surface area contributed by atoms with Gasteiger partial charge in [0.2, 0.25) is 11.9 Å². The number of rotatable bonds is 6. The first kappa shape index (κ1) is 11.8. The second-order valence-electron chi connectivity index (χ2n) is 2.58. The van der Waals surface area contributed by atoms with Gasteiger partial charge >= 0.3 is 0 Å². The van der Waals surface area contributed by atoms with Crippen LogP contribution in [0.3, 0.4) is 0 Å². The van der Waals surface area contributed by atoms with E-state index >= 15 is 0 Å². The van der Waals surface area contributed by atoms with Crippen molar-refractivity contribution in [2.75, 3.05) is 6.67 Å². The molecule has 0 saturated heterocycles. The van der Waals surface area contributed by atoms with Crippen LogP contribution in [0.25, 0.3) is 0 Å². The summed E-state index contributed by atoms with van der Waals surface area (Å²) in [5, 5.41) is 19.1. The van der Waals surface area contributed by atoms with E-state index in [1.165, 1.54) is 0 Å². The maximum absolute atomic E-state index is 11.9. The van der Waals surface area contributed by atoms with Gasteiger partial charge in [-0.05, 0) is 0 Å². The van der Waals surface area contributed by atoms with Gasteiger partial charge in [-0.15, -0.1) is 0 Å². The van der Waals surface area contributed by atoms with E-state index in [1.807, 2.05) is 0 Å². The second-order valence-corrected chi connectivity index (χ2v) is 2.58. The van der Waals surface area contributed by atoms with Crippen LogP contribution in [0.15, 0.2) is 0 Å². The lowest BCUT2D eigenvalue weighted by atomic mass is 10.1. The number of aliphatic hydroxyl groups is 1. The molecule has 0 spiro atoms. The number of hydrogen-bond acceptors (Lipinski definition) is 4. The van der Waals surface area contributed by atoms with Gasteiger partial charge in [-0.2, -0.15) is 0 Å². The Hall–Kier alpha value is -1.24. The highest BCUT2D eigenvalue weighted by molar-refractivity contribution is 5.73. The lowest BCUT2D eigenvalue weighted by Crippen LogP contribution is -2.36. The maximum atomic E-state index is 11.9. The minimum atomic E-state index is -1.67. The molecule has 0 rings (SSSR count). The first-order valence-electron chi connectivity index (χ1n) is 3.64. The van der Waals surface area contributed by atoms with Gasteiger partial charge in [0.05, 0.1) is 0 Å². The predicted octanol–water partition coefficient (Wildman–Crippen LogP) is -0.772.